The fourth-order valence-electron chi connectivity index (χ4n) is 2.38. The summed E-state index contributed by atoms with van der Waals surface area (Å²) in [4.78, 5) is 14.6. The highest BCUT2D eigenvalue weighted by molar-refractivity contribution is 5.95. The highest BCUT2D eigenvalue weighted by Gasteiger charge is 2.23. The van der Waals surface area contributed by atoms with Crippen molar-refractivity contribution in [1.82, 2.24) is 10.4 Å². The number of H-pyrrole nitrogens is 1. The largest absolute Gasteiger partial charge is 0.357 e. The molecule has 1 aliphatic carbocycles. The summed E-state index contributed by atoms with van der Waals surface area (Å²) in [5.41, 5.74) is 4.30. The van der Waals surface area contributed by atoms with Gasteiger partial charge in [0.1, 0.15) is 5.69 Å². The summed E-state index contributed by atoms with van der Waals surface area (Å²) in [5, 5.41) is 4.30. The van der Waals surface area contributed by atoms with Crippen LogP contribution in [-0.4, -0.2) is 16.6 Å². The number of carbonyl (C=O) groups excluding carboxylic acids is 1. The van der Waals surface area contributed by atoms with Gasteiger partial charge in [-0.2, -0.15) is 5.10 Å². The van der Waals surface area contributed by atoms with Crippen LogP contribution in [0.15, 0.2) is 23.4 Å². The monoisotopic (exact) mass is 233 g/mol. The van der Waals surface area contributed by atoms with Gasteiger partial charge >= 0.3 is 0 Å². The third-order valence-corrected chi connectivity index (χ3v) is 3.41. The summed E-state index contributed by atoms with van der Waals surface area (Å²) < 4.78 is 0. The van der Waals surface area contributed by atoms with Crippen LogP contribution in [0.5, 0.6) is 0 Å². The Balaban J connectivity index is 2.02. The molecule has 2 rings (SSSR count). The van der Waals surface area contributed by atoms with E-state index in [0.29, 0.717) is 17.5 Å². The zero-order valence-corrected chi connectivity index (χ0v) is 10.4. The summed E-state index contributed by atoms with van der Waals surface area (Å²) >= 11 is 0. The molecule has 2 N–H and O–H groups in total. The quantitative estimate of drug-likeness (QED) is 0.758. The van der Waals surface area contributed by atoms with Gasteiger partial charge in [0.25, 0.3) is 5.91 Å². The SMILES string of the molecule is C[C@@H]1CCC[C@H](C)C1=NNC(=O)c1ccc[nH]1. The molecule has 1 saturated carbocycles. The van der Waals surface area contributed by atoms with Gasteiger partial charge < -0.3 is 4.98 Å². The van der Waals surface area contributed by atoms with Gasteiger partial charge in [-0.15, -0.1) is 0 Å². The molecule has 92 valence electrons. The Kier molecular flexibility index (Phi) is 3.61. The van der Waals surface area contributed by atoms with Crippen LogP contribution >= 0.6 is 0 Å². The minimum Gasteiger partial charge on any atom is -0.357 e. The lowest BCUT2D eigenvalue weighted by molar-refractivity contribution is 0.0950. The van der Waals surface area contributed by atoms with Gasteiger partial charge in [0.05, 0.1) is 0 Å². The molecule has 0 spiro atoms. The molecule has 4 heteroatoms. The van der Waals surface area contributed by atoms with Crippen LogP contribution in [0, 0.1) is 11.8 Å². The lowest BCUT2D eigenvalue weighted by Gasteiger charge is -2.26. The van der Waals surface area contributed by atoms with E-state index in [9.17, 15) is 4.79 Å². The molecular weight excluding hydrogens is 214 g/mol. The minimum atomic E-state index is -0.174. The van der Waals surface area contributed by atoms with E-state index in [-0.39, 0.29) is 5.91 Å². The first-order chi connectivity index (χ1) is 8.18. The van der Waals surface area contributed by atoms with Gasteiger partial charge in [-0.25, -0.2) is 5.43 Å². The lowest BCUT2D eigenvalue weighted by atomic mass is 9.81. The molecule has 1 heterocycles. The summed E-state index contributed by atoms with van der Waals surface area (Å²) in [6, 6.07) is 3.54. The Morgan fingerprint density at radius 1 is 1.41 bits per heavy atom. The molecule has 2 atom stereocenters. The highest BCUT2D eigenvalue weighted by atomic mass is 16.2. The van der Waals surface area contributed by atoms with E-state index in [0.717, 1.165) is 5.71 Å². The van der Waals surface area contributed by atoms with Crippen LogP contribution in [0.4, 0.5) is 0 Å². The van der Waals surface area contributed by atoms with Crippen LogP contribution in [0.3, 0.4) is 0 Å². The fourth-order valence-corrected chi connectivity index (χ4v) is 2.38. The zero-order valence-electron chi connectivity index (χ0n) is 10.4. The number of aromatic nitrogens is 1. The van der Waals surface area contributed by atoms with Crippen molar-refractivity contribution in [2.45, 2.75) is 33.1 Å². The molecule has 1 fully saturated rings. The minimum absolute atomic E-state index is 0.174. The number of rotatable bonds is 2. The number of amides is 1. The van der Waals surface area contributed by atoms with Gasteiger partial charge in [0, 0.05) is 11.9 Å². The molecule has 4 nitrogen and oxygen atoms in total. The predicted octanol–water partition coefficient (Wildman–Crippen LogP) is 2.56. The Bertz CT molecular complexity index is 396. The molecule has 0 aromatic carbocycles. The van der Waals surface area contributed by atoms with E-state index in [2.05, 4.69) is 29.4 Å². The summed E-state index contributed by atoms with van der Waals surface area (Å²) in [6.45, 7) is 4.35. The Morgan fingerprint density at radius 2 is 2.12 bits per heavy atom. The molecule has 1 amide bonds. The van der Waals surface area contributed by atoms with Gasteiger partial charge in [-0.3, -0.25) is 4.79 Å². The van der Waals surface area contributed by atoms with Crippen molar-refractivity contribution in [3.63, 3.8) is 0 Å². The van der Waals surface area contributed by atoms with Crippen molar-refractivity contribution in [2.75, 3.05) is 0 Å². The average molecular weight is 233 g/mol. The maximum atomic E-state index is 11.7. The van der Waals surface area contributed by atoms with Crippen molar-refractivity contribution >= 4 is 11.6 Å². The fraction of sp³-hybridized carbons (Fsp3) is 0.538. The number of hydrazone groups is 1. The van der Waals surface area contributed by atoms with Gasteiger partial charge in [0.2, 0.25) is 0 Å². The van der Waals surface area contributed by atoms with Crippen molar-refractivity contribution in [3.05, 3.63) is 24.0 Å². The molecule has 17 heavy (non-hydrogen) atoms. The molecule has 1 aromatic rings. The highest BCUT2D eigenvalue weighted by Crippen LogP contribution is 2.25. The molecule has 1 aliphatic rings. The van der Waals surface area contributed by atoms with Crippen molar-refractivity contribution in [2.24, 2.45) is 16.9 Å². The molecule has 0 radical (unpaired) electrons. The van der Waals surface area contributed by atoms with Crippen LogP contribution < -0.4 is 5.43 Å². The Hall–Kier alpha value is -1.58. The molecule has 0 aliphatic heterocycles. The second-order valence-electron chi connectivity index (χ2n) is 4.79. The number of hydrogen-bond acceptors (Lipinski definition) is 2. The Morgan fingerprint density at radius 3 is 2.71 bits per heavy atom. The van der Waals surface area contributed by atoms with Crippen molar-refractivity contribution < 1.29 is 4.79 Å². The van der Waals surface area contributed by atoms with E-state index in [1.54, 1.807) is 18.3 Å². The number of nitrogens with zero attached hydrogens (tertiary/aromatic N) is 1. The lowest BCUT2D eigenvalue weighted by Crippen LogP contribution is -2.29. The second kappa shape index (κ2) is 5.17. The Labute approximate surface area is 101 Å². The standard InChI is InChI=1S/C13H19N3O/c1-9-5-3-6-10(2)12(9)15-16-13(17)11-7-4-8-14-11/h4,7-10,14H,3,5-6H2,1-2H3,(H,16,17)/t9-,10+. The number of carbonyl (C=O) groups is 1. The average Bonchev–Trinajstić information content (AvgIpc) is 2.81. The summed E-state index contributed by atoms with van der Waals surface area (Å²) in [5.74, 6) is 0.776. The van der Waals surface area contributed by atoms with Crippen LogP contribution in [0.25, 0.3) is 0 Å². The number of aromatic amines is 1. The van der Waals surface area contributed by atoms with Gasteiger partial charge in [-0.05, 0) is 36.8 Å². The molecular formula is C13H19N3O. The van der Waals surface area contributed by atoms with E-state index >= 15 is 0 Å². The van der Waals surface area contributed by atoms with E-state index in [1.807, 2.05) is 0 Å². The van der Waals surface area contributed by atoms with Crippen molar-refractivity contribution in [1.29, 1.82) is 0 Å². The predicted molar refractivity (Wildman–Crippen MR) is 67.9 cm³/mol. The normalized spacial score (nSPS) is 27.1. The smallest absolute Gasteiger partial charge is 0.287 e. The second-order valence-corrected chi connectivity index (χ2v) is 4.79. The number of hydrogen-bond donors (Lipinski definition) is 2. The first-order valence-electron chi connectivity index (χ1n) is 6.19. The maximum Gasteiger partial charge on any atom is 0.287 e. The van der Waals surface area contributed by atoms with Crippen LogP contribution in [0.1, 0.15) is 43.6 Å². The van der Waals surface area contributed by atoms with Gasteiger partial charge in [0.15, 0.2) is 0 Å². The van der Waals surface area contributed by atoms with E-state index in [4.69, 9.17) is 0 Å². The van der Waals surface area contributed by atoms with Crippen molar-refractivity contribution in [3.8, 4) is 0 Å². The molecule has 0 bridgehead atoms. The molecule has 0 unspecified atom stereocenters. The zero-order chi connectivity index (χ0) is 12.3. The first kappa shape index (κ1) is 11.9. The third kappa shape index (κ3) is 2.75. The van der Waals surface area contributed by atoms with E-state index < -0.39 is 0 Å². The maximum absolute atomic E-state index is 11.7. The number of nitrogens with one attached hydrogen (secondary N) is 2. The molecule has 0 saturated heterocycles. The summed E-state index contributed by atoms with van der Waals surface area (Å²) in [6.07, 6.45) is 5.32. The van der Waals surface area contributed by atoms with Gasteiger partial charge in [-0.1, -0.05) is 20.3 Å². The first-order valence-corrected chi connectivity index (χ1v) is 6.19. The van der Waals surface area contributed by atoms with E-state index in [1.165, 1.54) is 19.3 Å². The van der Waals surface area contributed by atoms with Crippen LogP contribution in [-0.2, 0) is 0 Å². The summed E-state index contributed by atoms with van der Waals surface area (Å²) in [7, 11) is 0. The molecule has 1 aromatic heterocycles. The van der Waals surface area contributed by atoms with Crippen LogP contribution in [0.2, 0.25) is 0 Å². The third-order valence-electron chi connectivity index (χ3n) is 3.41. The topological polar surface area (TPSA) is 57.2 Å².